The molecule has 0 aromatic heterocycles. The summed E-state index contributed by atoms with van der Waals surface area (Å²) in [5.74, 6) is 0.553. The normalized spacial score (nSPS) is 14.3. The van der Waals surface area contributed by atoms with Gasteiger partial charge in [0, 0.05) is 18.7 Å². The average Bonchev–Trinajstić information content (AvgIpc) is 3.18. The molecule has 1 saturated carbocycles. The highest BCUT2D eigenvalue weighted by atomic mass is 16.6. The summed E-state index contributed by atoms with van der Waals surface area (Å²) in [7, 11) is 2.87. The second-order valence-electron chi connectivity index (χ2n) is 4.26. The summed E-state index contributed by atoms with van der Waals surface area (Å²) in [6.07, 6.45) is 2.35. The van der Waals surface area contributed by atoms with Crippen LogP contribution in [0.5, 0.6) is 11.5 Å². The second-order valence-corrected chi connectivity index (χ2v) is 4.26. The second kappa shape index (κ2) is 5.22. The lowest BCUT2D eigenvalue weighted by Gasteiger charge is -2.10. The van der Waals surface area contributed by atoms with E-state index in [0.29, 0.717) is 18.3 Å². The molecule has 0 spiro atoms. The smallest absolute Gasteiger partial charge is 0.315 e. The Bertz CT molecular complexity index is 458. The van der Waals surface area contributed by atoms with Gasteiger partial charge in [-0.05, 0) is 24.5 Å². The maximum absolute atomic E-state index is 11.0. The number of nitro groups is 1. The van der Waals surface area contributed by atoms with Gasteiger partial charge in [-0.15, -0.1) is 0 Å². The summed E-state index contributed by atoms with van der Waals surface area (Å²) in [5, 5.41) is 14.3. The van der Waals surface area contributed by atoms with E-state index in [9.17, 15) is 10.1 Å². The fourth-order valence-corrected chi connectivity index (χ4v) is 1.79. The quantitative estimate of drug-likeness (QED) is 0.618. The lowest BCUT2D eigenvalue weighted by Crippen LogP contribution is -2.15. The van der Waals surface area contributed by atoms with Crippen molar-refractivity contribution in [2.45, 2.75) is 25.4 Å². The Hall–Kier alpha value is -1.82. The van der Waals surface area contributed by atoms with Gasteiger partial charge in [0.1, 0.15) is 0 Å². The van der Waals surface area contributed by atoms with Crippen LogP contribution in [-0.4, -0.2) is 25.2 Å². The molecule has 0 bridgehead atoms. The van der Waals surface area contributed by atoms with Gasteiger partial charge in [0.05, 0.1) is 19.1 Å². The maximum atomic E-state index is 11.0. The molecule has 0 saturated heterocycles. The molecule has 1 aromatic rings. The Labute approximate surface area is 105 Å². The van der Waals surface area contributed by atoms with Crippen molar-refractivity contribution in [1.29, 1.82) is 0 Å². The minimum Gasteiger partial charge on any atom is -0.493 e. The fourth-order valence-electron chi connectivity index (χ4n) is 1.79. The minimum atomic E-state index is -0.456. The highest BCUT2D eigenvalue weighted by Crippen LogP contribution is 2.38. The van der Waals surface area contributed by atoms with Crippen LogP contribution < -0.4 is 14.8 Å². The van der Waals surface area contributed by atoms with Crippen molar-refractivity contribution >= 4 is 5.69 Å². The van der Waals surface area contributed by atoms with Gasteiger partial charge in [-0.1, -0.05) is 0 Å². The third-order valence-corrected chi connectivity index (χ3v) is 2.89. The molecule has 2 rings (SSSR count). The van der Waals surface area contributed by atoms with Gasteiger partial charge in [-0.2, -0.15) is 0 Å². The van der Waals surface area contributed by atoms with Crippen LogP contribution in [0.4, 0.5) is 5.69 Å². The number of nitrogens with zero attached hydrogens (tertiary/aromatic N) is 1. The van der Waals surface area contributed by atoms with Crippen molar-refractivity contribution in [3.05, 3.63) is 27.8 Å². The number of nitrogens with one attached hydrogen (secondary N) is 1. The van der Waals surface area contributed by atoms with Crippen molar-refractivity contribution in [2.24, 2.45) is 0 Å². The molecule has 0 aliphatic heterocycles. The third-order valence-electron chi connectivity index (χ3n) is 2.89. The zero-order valence-corrected chi connectivity index (χ0v) is 10.4. The SMILES string of the molecule is COc1cc(CNC2CC2)cc([N+](=O)[O-])c1OC. The molecule has 1 aromatic carbocycles. The molecule has 18 heavy (non-hydrogen) atoms. The molecule has 1 aliphatic rings. The van der Waals surface area contributed by atoms with Crippen molar-refractivity contribution in [3.8, 4) is 11.5 Å². The number of hydrogen-bond acceptors (Lipinski definition) is 5. The van der Waals surface area contributed by atoms with Crippen LogP contribution in [-0.2, 0) is 6.54 Å². The van der Waals surface area contributed by atoms with Gasteiger partial charge < -0.3 is 14.8 Å². The Morgan fingerprint density at radius 2 is 2.11 bits per heavy atom. The van der Waals surface area contributed by atoms with Crippen molar-refractivity contribution in [1.82, 2.24) is 5.32 Å². The van der Waals surface area contributed by atoms with Gasteiger partial charge >= 0.3 is 5.69 Å². The topological polar surface area (TPSA) is 73.6 Å². The fraction of sp³-hybridized carbons (Fsp3) is 0.500. The van der Waals surface area contributed by atoms with E-state index in [1.165, 1.54) is 33.1 Å². The van der Waals surface area contributed by atoms with E-state index in [1.54, 1.807) is 6.07 Å². The first-order valence-electron chi connectivity index (χ1n) is 5.78. The average molecular weight is 252 g/mol. The number of benzene rings is 1. The van der Waals surface area contributed by atoms with Crippen molar-refractivity contribution in [3.63, 3.8) is 0 Å². The largest absolute Gasteiger partial charge is 0.493 e. The molecule has 0 heterocycles. The van der Waals surface area contributed by atoms with E-state index in [1.807, 2.05) is 0 Å². The van der Waals surface area contributed by atoms with Crippen LogP contribution in [0.15, 0.2) is 12.1 Å². The minimum absolute atomic E-state index is 0.0653. The van der Waals surface area contributed by atoms with Crippen LogP contribution >= 0.6 is 0 Å². The highest BCUT2D eigenvalue weighted by molar-refractivity contribution is 5.58. The Morgan fingerprint density at radius 1 is 1.39 bits per heavy atom. The number of methoxy groups -OCH3 is 2. The van der Waals surface area contributed by atoms with Crippen LogP contribution in [0.1, 0.15) is 18.4 Å². The molecule has 98 valence electrons. The molecular formula is C12H16N2O4. The van der Waals surface area contributed by atoms with Gasteiger partial charge in [0.15, 0.2) is 5.75 Å². The van der Waals surface area contributed by atoms with E-state index in [0.717, 1.165) is 5.56 Å². The molecule has 6 heteroatoms. The van der Waals surface area contributed by atoms with Gasteiger partial charge in [-0.25, -0.2) is 0 Å². The first kappa shape index (κ1) is 12.6. The Morgan fingerprint density at radius 3 is 2.61 bits per heavy atom. The summed E-state index contributed by atoms with van der Waals surface area (Å²) in [6, 6.07) is 3.84. The monoisotopic (exact) mass is 252 g/mol. The van der Waals surface area contributed by atoms with Gasteiger partial charge in [-0.3, -0.25) is 10.1 Å². The first-order valence-corrected chi connectivity index (χ1v) is 5.78. The van der Waals surface area contributed by atoms with Crippen LogP contribution in [0.2, 0.25) is 0 Å². The molecule has 6 nitrogen and oxygen atoms in total. The predicted molar refractivity (Wildman–Crippen MR) is 66.1 cm³/mol. The molecule has 0 amide bonds. The van der Waals surface area contributed by atoms with Crippen LogP contribution in [0.25, 0.3) is 0 Å². The standard InChI is InChI=1S/C12H16N2O4/c1-17-11-6-8(7-13-9-3-4-9)5-10(14(15)16)12(11)18-2/h5-6,9,13H,3-4,7H2,1-2H3. The number of nitro benzene ring substituents is 1. The highest BCUT2D eigenvalue weighted by Gasteiger charge is 2.23. The van der Waals surface area contributed by atoms with Gasteiger partial charge in [0.2, 0.25) is 5.75 Å². The number of rotatable bonds is 6. The van der Waals surface area contributed by atoms with Crippen molar-refractivity contribution < 1.29 is 14.4 Å². The summed E-state index contributed by atoms with van der Waals surface area (Å²) in [6.45, 7) is 0.603. The Kier molecular flexibility index (Phi) is 3.66. The van der Waals surface area contributed by atoms with E-state index in [-0.39, 0.29) is 11.4 Å². The van der Waals surface area contributed by atoms with Crippen LogP contribution in [0, 0.1) is 10.1 Å². The summed E-state index contributed by atoms with van der Waals surface area (Å²) >= 11 is 0. The zero-order valence-electron chi connectivity index (χ0n) is 10.4. The first-order chi connectivity index (χ1) is 8.65. The predicted octanol–water partition coefficient (Wildman–Crippen LogP) is 1.86. The third kappa shape index (κ3) is 2.70. The van der Waals surface area contributed by atoms with E-state index in [2.05, 4.69) is 5.32 Å². The molecule has 1 N–H and O–H groups in total. The zero-order chi connectivity index (χ0) is 13.1. The van der Waals surface area contributed by atoms with Gasteiger partial charge in [0.25, 0.3) is 0 Å². The molecule has 0 radical (unpaired) electrons. The number of hydrogen-bond donors (Lipinski definition) is 1. The van der Waals surface area contributed by atoms with E-state index >= 15 is 0 Å². The van der Waals surface area contributed by atoms with Crippen LogP contribution in [0.3, 0.4) is 0 Å². The van der Waals surface area contributed by atoms with Crippen molar-refractivity contribution in [2.75, 3.05) is 14.2 Å². The molecule has 1 aliphatic carbocycles. The summed E-state index contributed by atoms with van der Waals surface area (Å²) < 4.78 is 10.2. The van der Waals surface area contributed by atoms with E-state index < -0.39 is 4.92 Å². The molecule has 0 atom stereocenters. The molecule has 0 unspecified atom stereocenters. The summed E-state index contributed by atoms with van der Waals surface area (Å²) in [4.78, 5) is 10.5. The Balaban J connectivity index is 2.29. The number of ether oxygens (including phenoxy) is 2. The summed E-state index contributed by atoms with van der Waals surface area (Å²) in [5.41, 5.74) is 0.760. The molecular weight excluding hydrogens is 236 g/mol. The molecule has 1 fully saturated rings. The van der Waals surface area contributed by atoms with E-state index in [4.69, 9.17) is 9.47 Å². The lowest BCUT2D eigenvalue weighted by molar-refractivity contribution is -0.385. The lowest BCUT2D eigenvalue weighted by atomic mass is 10.1. The maximum Gasteiger partial charge on any atom is 0.315 e.